The molecular weight excluding hydrogens is 859 g/mol. The molecule has 68 heavy (non-hydrogen) atoms. The zero-order chi connectivity index (χ0) is 50.1. The summed E-state index contributed by atoms with van der Waals surface area (Å²) in [5.41, 5.74) is 11.1. The van der Waals surface area contributed by atoms with E-state index in [1.807, 2.05) is 58.0 Å². The molecule has 370 valence electrons. The van der Waals surface area contributed by atoms with E-state index in [1.165, 1.54) is 6.08 Å². The number of hydrogen-bond acceptors (Lipinski definition) is 11. The van der Waals surface area contributed by atoms with Gasteiger partial charge in [0.15, 0.2) is 0 Å². The van der Waals surface area contributed by atoms with Crippen LogP contribution in [0.2, 0.25) is 0 Å². The number of aldehydes is 2. The number of carbonyl (C=O) groups is 5. The average molecular weight is 936 g/mol. The number of nitrogens with zero attached hydrogens (tertiary/aromatic N) is 5. The molecule has 2 aromatic heterocycles. The Balaban J connectivity index is 0.000000673. The summed E-state index contributed by atoms with van der Waals surface area (Å²) in [4.78, 5) is 67.1. The van der Waals surface area contributed by atoms with Gasteiger partial charge < -0.3 is 29.1 Å². The number of aromatic nitrogens is 2. The fourth-order valence-corrected chi connectivity index (χ4v) is 9.37. The minimum Gasteiger partial charge on any atom is -0.467 e. The molecule has 0 spiro atoms. The quantitative estimate of drug-likeness (QED) is 0.0711. The molecule has 0 saturated carbocycles. The van der Waals surface area contributed by atoms with Crippen molar-refractivity contribution < 1.29 is 33.4 Å². The van der Waals surface area contributed by atoms with Gasteiger partial charge in [-0.15, -0.1) is 0 Å². The van der Waals surface area contributed by atoms with Crippen molar-refractivity contribution in [1.29, 1.82) is 0 Å². The molecule has 2 aliphatic heterocycles. The van der Waals surface area contributed by atoms with E-state index in [0.717, 1.165) is 95.3 Å². The number of allylic oxidation sites excluding steroid dienone is 1. The number of pyridine rings is 1. The number of amides is 2. The Bertz CT molecular complexity index is 2280. The van der Waals surface area contributed by atoms with Gasteiger partial charge in [-0.3, -0.25) is 34.1 Å². The number of fused-ring (bicyclic) bond motifs is 1. The van der Waals surface area contributed by atoms with E-state index in [-0.39, 0.29) is 41.9 Å². The van der Waals surface area contributed by atoms with Crippen molar-refractivity contribution in [3.05, 3.63) is 90.3 Å². The van der Waals surface area contributed by atoms with Crippen LogP contribution in [0.25, 0.3) is 33.3 Å². The molecule has 4 unspecified atom stereocenters. The number of nitrogens with one attached hydrogen (secondary N) is 2. The fraction of sp³-hybridized carbons (Fsp3) is 0.519. The zero-order valence-corrected chi connectivity index (χ0v) is 42.4. The first-order chi connectivity index (χ1) is 32.4. The normalized spacial score (nSPS) is 17.6. The first kappa shape index (κ1) is 55.1. The number of hydrogen-bond donors (Lipinski definition) is 2. The minimum absolute atomic E-state index is 0.0707. The van der Waals surface area contributed by atoms with E-state index in [9.17, 15) is 19.2 Å². The number of likely N-dealkylation sites (tertiary alicyclic amines) is 1. The van der Waals surface area contributed by atoms with Crippen molar-refractivity contribution in [2.24, 2.45) is 17.3 Å². The number of likely N-dealkylation sites (N-methyl/N-ethyl adjacent to an activating group) is 1. The average Bonchev–Trinajstić information content (AvgIpc) is 3.83. The van der Waals surface area contributed by atoms with Crippen molar-refractivity contribution in [1.82, 2.24) is 35.1 Å². The summed E-state index contributed by atoms with van der Waals surface area (Å²) >= 11 is 0. The van der Waals surface area contributed by atoms with Gasteiger partial charge in [-0.1, -0.05) is 64.6 Å². The lowest BCUT2D eigenvalue weighted by Gasteiger charge is -2.33. The smallest absolute Gasteiger partial charge is 0.293 e. The Kier molecular flexibility index (Phi) is 21.3. The number of hydrazine groups is 1. The fourth-order valence-electron chi connectivity index (χ4n) is 9.37. The second-order valence-corrected chi connectivity index (χ2v) is 19.4. The highest BCUT2D eigenvalue weighted by molar-refractivity contribution is 5.95. The third-order valence-electron chi connectivity index (χ3n) is 12.9. The predicted molar refractivity (Wildman–Crippen MR) is 271 cm³/mol. The second-order valence-electron chi connectivity index (χ2n) is 19.4. The highest BCUT2D eigenvalue weighted by Gasteiger charge is 2.33. The van der Waals surface area contributed by atoms with E-state index >= 15 is 0 Å². The Morgan fingerprint density at radius 3 is 2.32 bits per heavy atom. The van der Waals surface area contributed by atoms with Crippen molar-refractivity contribution >= 4 is 41.8 Å². The lowest BCUT2D eigenvalue weighted by Crippen LogP contribution is -2.58. The zero-order valence-electron chi connectivity index (χ0n) is 42.4. The molecule has 0 radical (unpaired) electrons. The molecule has 2 fully saturated rings. The van der Waals surface area contributed by atoms with Gasteiger partial charge in [-0.05, 0) is 126 Å². The molecule has 2 amide bonds. The number of carbonyl (C=O) groups excluding carboxylic acids is 5. The SMILES string of the molecule is C=CC=O.CCn1c(-c2cccnc2C(C)OC)c(CC(C)(C)COC=O)c2cc(-c3cccc(CC(NC(=O)C(C(C)C)N(C)C)C(=O)N4CCCCN4)c3)ccc21.C[C@H]1CC(C=O)CN1C. The van der Waals surface area contributed by atoms with Gasteiger partial charge in [0.2, 0.25) is 5.91 Å². The molecule has 2 saturated heterocycles. The Hall–Kier alpha value is -5.54. The van der Waals surface area contributed by atoms with Gasteiger partial charge in [0.1, 0.15) is 18.6 Å². The molecule has 14 heteroatoms. The summed E-state index contributed by atoms with van der Waals surface area (Å²) in [5, 5.41) is 5.92. The van der Waals surface area contributed by atoms with Gasteiger partial charge in [-0.25, -0.2) is 5.43 Å². The highest BCUT2D eigenvalue weighted by Crippen LogP contribution is 2.42. The van der Waals surface area contributed by atoms with E-state index < -0.39 is 6.04 Å². The van der Waals surface area contributed by atoms with Crippen molar-refractivity contribution in [2.45, 2.75) is 111 Å². The molecule has 4 aromatic rings. The first-order valence-electron chi connectivity index (χ1n) is 24.0. The van der Waals surface area contributed by atoms with Gasteiger partial charge in [0.05, 0.1) is 30.1 Å². The van der Waals surface area contributed by atoms with Gasteiger partial charge in [0.25, 0.3) is 12.4 Å². The van der Waals surface area contributed by atoms with Crippen molar-refractivity contribution in [3.63, 3.8) is 0 Å². The molecule has 5 atom stereocenters. The Labute approximate surface area is 404 Å². The molecule has 14 nitrogen and oxygen atoms in total. The monoisotopic (exact) mass is 936 g/mol. The van der Waals surface area contributed by atoms with E-state index in [4.69, 9.17) is 19.3 Å². The Morgan fingerprint density at radius 1 is 1.04 bits per heavy atom. The van der Waals surface area contributed by atoms with Crippen LogP contribution in [-0.2, 0) is 52.8 Å². The molecule has 2 N–H and O–H groups in total. The number of rotatable bonds is 19. The third kappa shape index (κ3) is 14.5. The lowest BCUT2D eigenvalue weighted by atomic mass is 9.84. The predicted octanol–water partition coefficient (Wildman–Crippen LogP) is 7.48. The largest absolute Gasteiger partial charge is 0.467 e. The van der Waals surface area contributed by atoms with Crippen LogP contribution in [0.1, 0.15) is 90.7 Å². The van der Waals surface area contributed by atoms with Gasteiger partial charge in [0, 0.05) is 79.7 Å². The maximum Gasteiger partial charge on any atom is 0.293 e. The van der Waals surface area contributed by atoms with Crippen LogP contribution in [0.15, 0.2) is 73.4 Å². The molecule has 2 aliphatic rings. The molecular formula is C54H77N7O7. The molecule has 0 bridgehead atoms. The molecule has 0 aliphatic carbocycles. The maximum absolute atomic E-state index is 14.0. The second kappa shape index (κ2) is 26.3. The van der Waals surface area contributed by atoms with E-state index in [1.54, 1.807) is 18.3 Å². The van der Waals surface area contributed by atoms with Gasteiger partial charge >= 0.3 is 0 Å². The van der Waals surface area contributed by atoms with E-state index in [2.05, 4.69) is 97.9 Å². The molecule has 6 rings (SSSR count). The number of benzene rings is 2. The van der Waals surface area contributed by atoms with Crippen LogP contribution in [0.3, 0.4) is 0 Å². The summed E-state index contributed by atoms with van der Waals surface area (Å²) in [6.07, 6.45) is 8.46. The summed E-state index contributed by atoms with van der Waals surface area (Å²) in [5.74, 6) is 0.0862. The summed E-state index contributed by atoms with van der Waals surface area (Å²) in [6.45, 7) is 21.5. The minimum atomic E-state index is -0.733. The Morgan fingerprint density at radius 2 is 1.76 bits per heavy atom. The van der Waals surface area contributed by atoms with Crippen LogP contribution in [0, 0.1) is 17.3 Å². The maximum atomic E-state index is 14.0. The molecule has 4 heterocycles. The number of methoxy groups -OCH3 is 1. The lowest BCUT2D eigenvalue weighted by molar-refractivity contribution is -0.141. The highest BCUT2D eigenvalue weighted by atomic mass is 16.5. The van der Waals surface area contributed by atoms with Crippen LogP contribution >= 0.6 is 0 Å². The van der Waals surface area contributed by atoms with Crippen LogP contribution < -0.4 is 10.7 Å². The van der Waals surface area contributed by atoms with Crippen LogP contribution in [0.4, 0.5) is 0 Å². The standard InChI is InChI=1S/C44H60N6O5.C7H13NO.C3H4O/c1-10-49-38-19-18-33(25-35(38)36(26-44(5,6)27-55-28-51)41(49)34-17-14-20-45-39(34)30(4)54-9)32-16-13-15-31(23-32)24-37(43(53)50-22-12-11-21-46-50)47-42(52)40(29(2)3)48(7)8;1-6-3-7(5-9)4-8(6)2;1-2-3-4/h13-20,23,25,28-30,37,40,46H,10-12,21-22,24,26-27H2,1-9H3,(H,47,52);5-7H,3-4H2,1-2H3;2-3H,1H2/t;6-,7?;/m.0./s1. The first-order valence-corrected chi connectivity index (χ1v) is 24.0. The number of aryl methyl sites for hydroxylation is 1. The van der Waals surface area contributed by atoms with Gasteiger partial charge in [-0.2, -0.15) is 0 Å². The summed E-state index contributed by atoms with van der Waals surface area (Å²) < 4.78 is 13.4. The third-order valence-corrected chi connectivity index (χ3v) is 12.9. The van der Waals surface area contributed by atoms with E-state index in [0.29, 0.717) is 44.1 Å². The summed E-state index contributed by atoms with van der Waals surface area (Å²) in [6, 6.07) is 18.4. The van der Waals surface area contributed by atoms with Crippen LogP contribution in [-0.4, -0.2) is 128 Å². The van der Waals surface area contributed by atoms with Crippen molar-refractivity contribution in [2.75, 3.05) is 54.5 Å². The summed E-state index contributed by atoms with van der Waals surface area (Å²) in [7, 11) is 7.55. The van der Waals surface area contributed by atoms with Crippen molar-refractivity contribution in [3.8, 4) is 22.4 Å². The number of ether oxygens (including phenoxy) is 2. The molecule has 2 aromatic carbocycles. The van der Waals surface area contributed by atoms with Crippen LogP contribution in [0.5, 0.6) is 0 Å². The topological polar surface area (TPSA) is 155 Å².